The van der Waals surface area contributed by atoms with Gasteiger partial charge in [0.1, 0.15) is 0 Å². The van der Waals surface area contributed by atoms with Gasteiger partial charge in [0, 0.05) is 27.7 Å². The van der Waals surface area contributed by atoms with Gasteiger partial charge in [-0.15, -0.1) is 0 Å². The van der Waals surface area contributed by atoms with Gasteiger partial charge in [0.15, 0.2) is 0 Å². The van der Waals surface area contributed by atoms with Crippen LogP contribution in [-0.4, -0.2) is 41.9 Å². The minimum Gasteiger partial charge on any atom is -0.329 e. The topological polar surface area (TPSA) is 23.6 Å². The maximum absolute atomic E-state index is 14.2. The van der Waals surface area contributed by atoms with Crippen molar-refractivity contribution < 1.29 is 4.79 Å². The normalized spacial score (nSPS) is 24.9. The number of amides is 1. The number of hydrogen-bond donors (Lipinski definition) is 0. The second kappa shape index (κ2) is 9.31. The molecule has 3 aromatic rings. The third-order valence-corrected chi connectivity index (χ3v) is 9.60. The Morgan fingerprint density at radius 2 is 1.51 bits per heavy atom. The summed E-state index contributed by atoms with van der Waals surface area (Å²) in [5.74, 6) is 0.0315. The third kappa shape index (κ3) is 3.94. The molecule has 37 heavy (non-hydrogen) atoms. The van der Waals surface area contributed by atoms with E-state index in [0.29, 0.717) is 22.2 Å². The van der Waals surface area contributed by atoms with E-state index in [1.54, 1.807) is 18.2 Å². The summed E-state index contributed by atoms with van der Waals surface area (Å²) in [5.41, 5.74) is 7.24. The monoisotopic (exact) mass is 530 g/mol. The van der Waals surface area contributed by atoms with Gasteiger partial charge in [-0.2, -0.15) is 0 Å². The summed E-state index contributed by atoms with van der Waals surface area (Å²) in [4.78, 5) is 18.7. The van der Waals surface area contributed by atoms with Crippen molar-refractivity contribution in [2.75, 3.05) is 20.6 Å². The van der Waals surface area contributed by atoms with Gasteiger partial charge in [-0.05, 0) is 98.7 Å². The fraction of sp³-hybridized carbons (Fsp3) is 0.344. The van der Waals surface area contributed by atoms with Crippen molar-refractivity contribution >= 4 is 34.7 Å². The first kappa shape index (κ1) is 24.7. The Bertz CT molecular complexity index is 1370. The molecule has 1 spiro atoms. The number of carbonyl (C=O) groups is 1. The molecule has 0 N–H and O–H groups in total. The first-order valence-electron chi connectivity index (χ1n) is 13.2. The molecule has 3 aliphatic rings. The highest BCUT2D eigenvalue weighted by atomic mass is 35.5. The van der Waals surface area contributed by atoms with Crippen LogP contribution in [-0.2, 0) is 12.0 Å². The molecule has 1 heterocycles. The van der Waals surface area contributed by atoms with Crippen molar-refractivity contribution in [2.45, 2.75) is 49.6 Å². The summed E-state index contributed by atoms with van der Waals surface area (Å²) in [6.45, 7) is 0.705. The lowest BCUT2D eigenvalue weighted by Gasteiger charge is -2.56. The van der Waals surface area contributed by atoms with E-state index in [-0.39, 0.29) is 17.0 Å². The van der Waals surface area contributed by atoms with Crippen LogP contribution in [0, 0.1) is 0 Å². The Balaban J connectivity index is 1.44. The van der Waals surface area contributed by atoms with Crippen LogP contribution in [0.2, 0.25) is 10.0 Å². The van der Waals surface area contributed by atoms with E-state index in [9.17, 15) is 4.79 Å². The van der Waals surface area contributed by atoms with Gasteiger partial charge in [-0.25, -0.2) is 0 Å². The minimum absolute atomic E-state index is 0.0315. The molecule has 190 valence electrons. The van der Waals surface area contributed by atoms with Gasteiger partial charge in [0.05, 0.1) is 5.54 Å². The van der Waals surface area contributed by atoms with Gasteiger partial charge in [0.2, 0.25) is 0 Å². The van der Waals surface area contributed by atoms with Crippen LogP contribution in [0.15, 0.2) is 78.4 Å². The lowest BCUT2D eigenvalue weighted by atomic mass is 9.63. The second-order valence-corrected chi connectivity index (χ2v) is 11.9. The molecule has 5 heteroatoms. The number of carbonyl (C=O) groups excluding carboxylic acids is 1. The van der Waals surface area contributed by atoms with Crippen LogP contribution >= 0.6 is 23.2 Å². The van der Waals surface area contributed by atoms with Crippen LogP contribution < -0.4 is 0 Å². The van der Waals surface area contributed by atoms with E-state index >= 15 is 0 Å². The molecular formula is C32H32Cl2N2O. The molecule has 1 aliphatic heterocycles. The van der Waals surface area contributed by atoms with Crippen molar-refractivity contribution in [2.24, 2.45) is 0 Å². The Kier molecular flexibility index (Phi) is 6.22. The Hall–Kier alpha value is -2.59. The lowest BCUT2D eigenvalue weighted by Crippen LogP contribution is -2.60. The van der Waals surface area contributed by atoms with Gasteiger partial charge >= 0.3 is 0 Å². The lowest BCUT2D eigenvalue weighted by molar-refractivity contribution is 0.00723. The van der Waals surface area contributed by atoms with Crippen LogP contribution in [0.3, 0.4) is 0 Å². The third-order valence-electron chi connectivity index (χ3n) is 9.16. The summed E-state index contributed by atoms with van der Waals surface area (Å²) < 4.78 is 0. The number of fused-ring (bicyclic) bond motifs is 3. The van der Waals surface area contributed by atoms with Gasteiger partial charge in [-0.1, -0.05) is 77.8 Å². The van der Waals surface area contributed by atoms with Crippen molar-refractivity contribution in [1.29, 1.82) is 0 Å². The largest absolute Gasteiger partial charge is 0.329 e. The molecule has 0 bridgehead atoms. The first-order chi connectivity index (χ1) is 17.8. The molecule has 0 aromatic heterocycles. The van der Waals surface area contributed by atoms with Crippen molar-refractivity contribution in [3.05, 3.63) is 111 Å². The maximum Gasteiger partial charge on any atom is 0.254 e. The Morgan fingerprint density at radius 3 is 2.19 bits per heavy atom. The van der Waals surface area contributed by atoms with Crippen molar-refractivity contribution in [1.82, 2.24) is 9.80 Å². The van der Waals surface area contributed by atoms with Crippen molar-refractivity contribution in [3.63, 3.8) is 0 Å². The van der Waals surface area contributed by atoms with Gasteiger partial charge in [0.25, 0.3) is 5.91 Å². The molecule has 2 aliphatic carbocycles. The van der Waals surface area contributed by atoms with E-state index in [0.717, 1.165) is 38.5 Å². The highest BCUT2D eigenvalue weighted by molar-refractivity contribution is 6.35. The molecule has 3 aromatic carbocycles. The number of benzene rings is 3. The molecule has 0 atom stereocenters. The predicted octanol–water partition coefficient (Wildman–Crippen LogP) is 7.62. The number of hydrogen-bond acceptors (Lipinski definition) is 2. The molecular weight excluding hydrogens is 499 g/mol. The fourth-order valence-corrected chi connectivity index (χ4v) is 7.81. The highest BCUT2D eigenvalue weighted by Gasteiger charge is 2.53. The molecule has 3 nitrogen and oxygen atoms in total. The zero-order valence-electron chi connectivity index (χ0n) is 21.4. The molecule has 0 saturated heterocycles. The van der Waals surface area contributed by atoms with E-state index < -0.39 is 0 Å². The average molecular weight is 532 g/mol. The van der Waals surface area contributed by atoms with Crippen LogP contribution in [0.1, 0.15) is 59.2 Å². The Labute approximate surface area is 229 Å². The van der Waals surface area contributed by atoms with E-state index in [1.165, 1.54) is 27.8 Å². The molecule has 1 amide bonds. The standard InChI is InChI=1S/C32H32Cl2N2O/c1-35(2)31(24-9-4-3-5-10-24)13-15-32(16-14-31)29-20-22-8-6-7-11-27(22)28(29)12-17-36(32)30(37)23-18-25(33)21-26(34)19-23/h3-11,18-19,21H,12-17,20H2,1-2H3. The van der Waals surface area contributed by atoms with E-state index in [2.05, 4.69) is 78.5 Å². The summed E-state index contributed by atoms with van der Waals surface area (Å²) >= 11 is 12.7. The molecule has 1 saturated carbocycles. The summed E-state index contributed by atoms with van der Waals surface area (Å²) in [6, 6.07) is 24.9. The summed E-state index contributed by atoms with van der Waals surface area (Å²) in [5, 5.41) is 0.990. The second-order valence-electron chi connectivity index (χ2n) is 11.0. The molecule has 0 unspecified atom stereocenters. The first-order valence-corrected chi connectivity index (χ1v) is 13.9. The zero-order valence-corrected chi connectivity index (χ0v) is 22.9. The summed E-state index contributed by atoms with van der Waals surface area (Å²) in [6.07, 6.45) is 5.62. The van der Waals surface area contributed by atoms with Gasteiger partial charge < -0.3 is 4.90 Å². The Morgan fingerprint density at radius 1 is 0.865 bits per heavy atom. The fourth-order valence-electron chi connectivity index (χ4n) is 7.28. The van der Waals surface area contributed by atoms with Crippen LogP contribution in [0.5, 0.6) is 0 Å². The molecule has 6 rings (SSSR count). The van der Waals surface area contributed by atoms with Gasteiger partial charge in [-0.3, -0.25) is 9.69 Å². The minimum atomic E-state index is -0.313. The van der Waals surface area contributed by atoms with Crippen LogP contribution in [0.4, 0.5) is 0 Å². The maximum atomic E-state index is 14.2. The summed E-state index contributed by atoms with van der Waals surface area (Å²) in [7, 11) is 4.39. The predicted molar refractivity (Wildman–Crippen MR) is 152 cm³/mol. The highest BCUT2D eigenvalue weighted by Crippen LogP contribution is 2.55. The number of nitrogens with zero attached hydrogens (tertiary/aromatic N) is 2. The van der Waals surface area contributed by atoms with Crippen molar-refractivity contribution in [3.8, 4) is 0 Å². The number of halogens is 2. The quantitative estimate of drug-likeness (QED) is 0.347. The van der Waals surface area contributed by atoms with E-state index in [1.807, 2.05) is 0 Å². The zero-order chi connectivity index (χ0) is 25.8. The molecule has 1 fully saturated rings. The molecule has 0 radical (unpaired) electrons. The SMILES string of the molecule is CN(C)C1(c2ccccc2)CCC2(CC1)C1=C(CCN2C(=O)c2cc(Cl)cc(Cl)c2)c2ccccc2C1. The number of rotatable bonds is 3. The van der Waals surface area contributed by atoms with E-state index in [4.69, 9.17) is 23.2 Å². The van der Waals surface area contributed by atoms with Crippen LogP contribution in [0.25, 0.3) is 5.57 Å². The average Bonchev–Trinajstić information content (AvgIpc) is 3.29. The smallest absolute Gasteiger partial charge is 0.254 e.